The molecule has 0 bridgehead atoms. The van der Waals surface area contributed by atoms with Crippen molar-refractivity contribution < 1.29 is 47.5 Å². The highest BCUT2D eigenvalue weighted by Crippen LogP contribution is 2.34. The number of nitrogens with one attached hydrogen (secondary N) is 1. The molecule has 20 nitrogen and oxygen atoms in total. The summed E-state index contributed by atoms with van der Waals surface area (Å²) in [5, 5.41) is 4.93. The molecule has 3 amide bonds. The van der Waals surface area contributed by atoms with E-state index in [4.69, 9.17) is 44.6 Å². The van der Waals surface area contributed by atoms with Gasteiger partial charge in [0.05, 0.1) is 36.4 Å². The number of pyridine rings is 2. The van der Waals surface area contributed by atoms with Crippen LogP contribution in [-0.4, -0.2) is 139 Å². The van der Waals surface area contributed by atoms with Gasteiger partial charge in [-0.1, -0.05) is 12.1 Å². The van der Waals surface area contributed by atoms with Gasteiger partial charge in [-0.05, 0) is 119 Å². The van der Waals surface area contributed by atoms with Crippen molar-refractivity contribution in [2.24, 2.45) is 11.5 Å². The quantitative estimate of drug-likeness (QED) is 0.102. The van der Waals surface area contributed by atoms with Crippen LogP contribution >= 0.6 is 0 Å². The second kappa shape index (κ2) is 24.9. The Labute approximate surface area is 459 Å². The Hall–Kier alpha value is -7.81. The van der Waals surface area contributed by atoms with Crippen LogP contribution < -0.4 is 56.3 Å². The number of carbonyl (C=O) groups excluding carboxylic acids is 3. The minimum absolute atomic E-state index is 0.0121. The van der Waals surface area contributed by atoms with Gasteiger partial charge in [-0.15, -0.1) is 0 Å². The minimum Gasteiger partial charge on any atom is -0.497 e. The summed E-state index contributed by atoms with van der Waals surface area (Å²) in [6.07, 6.45) is 3.24. The molecule has 0 spiro atoms. The van der Waals surface area contributed by atoms with E-state index in [1.165, 1.54) is 17.7 Å². The first-order chi connectivity index (χ1) is 38.0. The fraction of sp³-hybridized carbons (Fsp3) is 0.441. The highest BCUT2D eigenvalue weighted by molar-refractivity contribution is 6.06. The Morgan fingerprint density at radius 3 is 1.52 bits per heavy atom. The van der Waals surface area contributed by atoms with Crippen molar-refractivity contribution in [2.45, 2.75) is 90.3 Å². The summed E-state index contributed by atoms with van der Waals surface area (Å²) in [5.74, 6) is 2.99. The van der Waals surface area contributed by atoms with Gasteiger partial charge in [0, 0.05) is 99.5 Å². The molecule has 5 N–H and O–H groups in total. The SMILES string of the molecule is COc1ccc2c(C(N)=O)cc(=O)n(CCN3CCC(N(Cc4ccc5c(c4)OCCO5)C(=O)OC(C)(C)C)CC3)c2c1.COc1ccc2c(C(N)=O)cc(=O)n(CCN3CCC(NCc4ccc5c(c4)OCCO5)CC3)c2c1. The molecule has 2 aromatic heterocycles. The number of methoxy groups -OCH3 is 2. The lowest BCUT2D eigenvalue weighted by Crippen LogP contribution is -2.49. The molecule has 2 fully saturated rings. The van der Waals surface area contributed by atoms with Gasteiger partial charge in [0.1, 0.15) is 43.5 Å². The van der Waals surface area contributed by atoms with E-state index in [2.05, 4.69) is 27.2 Å². The number of rotatable bonds is 16. The van der Waals surface area contributed by atoms with Crippen LogP contribution in [0.3, 0.4) is 0 Å². The third-order valence-electron chi connectivity index (χ3n) is 14.8. The molecule has 20 heteroatoms. The number of nitrogens with two attached hydrogens (primary N) is 2. The fourth-order valence-electron chi connectivity index (χ4n) is 10.6. The van der Waals surface area contributed by atoms with E-state index in [0.29, 0.717) is 103 Å². The summed E-state index contributed by atoms with van der Waals surface area (Å²) < 4.78 is 42.6. The maximum atomic E-state index is 13.4. The lowest BCUT2D eigenvalue weighted by molar-refractivity contribution is 0.00560. The molecule has 0 saturated carbocycles. The third-order valence-corrected chi connectivity index (χ3v) is 14.8. The Bertz CT molecular complexity index is 3300. The maximum Gasteiger partial charge on any atom is 0.410 e. The lowest BCUT2D eigenvalue weighted by atomic mass is 10.0. The van der Waals surface area contributed by atoms with Crippen molar-refractivity contribution >= 4 is 39.7 Å². The van der Waals surface area contributed by atoms with Gasteiger partial charge < -0.3 is 73.8 Å². The van der Waals surface area contributed by atoms with Crippen LogP contribution in [0.5, 0.6) is 34.5 Å². The van der Waals surface area contributed by atoms with Crippen molar-refractivity contribution in [3.05, 3.63) is 128 Å². The Kier molecular flexibility index (Phi) is 17.6. The number of likely N-dealkylation sites (tertiary alicyclic amines) is 2. The van der Waals surface area contributed by atoms with Crippen LogP contribution in [0, 0.1) is 0 Å². The summed E-state index contributed by atoms with van der Waals surface area (Å²) in [5.41, 5.74) is 13.7. The molecule has 2 saturated heterocycles. The van der Waals surface area contributed by atoms with E-state index in [1.807, 2.05) is 49.9 Å². The van der Waals surface area contributed by atoms with E-state index < -0.39 is 17.4 Å². The topological polar surface area (TPSA) is 234 Å². The van der Waals surface area contributed by atoms with Gasteiger partial charge >= 0.3 is 6.09 Å². The molecule has 6 heterocycles. The number of ether oxygens (including phenoxy) is 7. The zero-order chi connectivity index (χ0) is 55.8. The number of primary amides is 2. The van der Waals surface area contributed by atoms with Gasteiger partial charge in [0.15, 0.2) is 23.0 Å². The second-order valence-corrected chi connectivity index (χ2v) is 21.2. The molecule has 4 aromatic carbocycles. The van der Waals surface area contributed by atoms with Gasteiger partial charge in [0.2, 0.25) is 11.8 Å². The number of amides is 3. The van der Waals surface area contributed by atoms with Crippen molar-refractivity contribution in [2.75, 3.05) is 79.9 Å². The molecule has 6 aromatic rings. The van der Waals surface area contributed by atoms with Crippen molar-refractivity contribution in [1.82, 2.24) is 29.2 Å². The van der Waals surface area contributed by atoms with Crippen LogP contribution in [0.25, 0.3) is 21.8 Å². The summed E-state index contributed by atoms with van der Waals surface area (Å²) in [7, 11) is 3.13. The Morgan fingerprint density at radius 1 is 0.595 bits per heavy atom. The molecular formula is C59H72N8O12. The van der Waals surface area contributed by atoms with Crippen molar-refractivity contribution in [1.29, 1.82) is 0 Å². The number of hydrogen-bond acceptors (Lipinski definition) is 15. The Morgan fingerprint density at radius 2 is 1.05 bits per heavy atom. The molecule has 0 unspecified atom stereocenters. The highest BCUT2D eigenvalue weighted by Gasteiger charge is 2.32. The predicted molar refractivity (Wildman–Crippen MR) is 299 cm³/mol. The first-order valence-corrected chi connectivity index (χ1v) is 27.0. The van der Waals surface area contributed by atoms with Gasteiger partial charge in [-0.25, -0.2) is 4.79 Å². The number of fused-ring (bicyclic) bond motifs is 4. The maximum absolute atomic E-state index is 13.4. The zero-order valence-corrected chi connectivity index (χ0v) is 45.8. The average Bonchev–Trinajstić information content (AvgIpc) is 3.62. The van der Waals surface area contributed by atoms with Crippen molar-refractivity contribution in [3.8, 4) is 34.5 Å². The van der Waals surface area contributed by atoms with E-state index in [-0.39, 0.29) is 34.4 Å². The minimum atomic E-state index is -0.646. The number of nitrogens with zero attached hydrogens (tertiary/aromatic N) is 5. The molecule has 4 aliphatic heterocycles. The summed E-state index contributed by atoms with van der Waals surface area (Å²) in [6, 6.07) is 25.6. The fourth-order valence-corrected chi connectivity index (χ4v) is 10.6. The van der Waals surface area contributed by atoms with Crippen LogP contribution in [0.2, 0.25) is 0 Å². The molecular weight excluding hydrogens is 1010 g/mol. The van der Waals surface area contributed by atoms with Gasteiger partial charge in [-0.3, -0.25) is 19.2 Å². The lowest BCUT2D eigenvalue weighted by Gasteiger charge is -2.39. The molecule has 79 heavy (non-hydrogen) atoms. The molecule has 0 radical (unpaired) electrons. The zero-order valence-electron chi connectivity index (χ0n) is 45.8. The monoisotopic (exact) mass is 1080 g/mol. The highest BCUT2D eigenvalue weighted by atomic mass is 16.6. The Balaban J connectivity index is 0.000000195. The van der Waals surface area contributed by atoms with E-state index >= 15 is 0 Å². The molecule has 10 rings (SSSR count). The molecule has 420 valence electrons. The van der Waals surface area contributed by atoms with Crippen LogP contribution in [0.4, 0.5) is 4.79 Å². The third kappa shape index (κ3) is 13.7. The van der Waals surface area contributed by atoms with Crippen LogP contribution in [0.1, 0.15) is 78.3 Å². The number of hydrogen-bond donors (Lipinski definition) is 3. The summed E-state index contributed by atoms with van der Waals surface area (Å²) in [6.45, 7) is 14.7. The first kappa shape index (κ1) is 55.9. The summed E-state index contributed by atoms with van der Waals surface area (Å²) >= 11 is 0. The number of carbonyl (C=O) groups is 3. The smallest absolute Gasteiger partial charge is 0.410 e. The van der Waals surface area contributed by atoms with Crippen LogP contribution in [0.15, 0.2) is 94.5 Å². The van der Waals surface area contributed by atoms with E-state index in [1.54, 1.807) is 59.8 Å². The first-order valence-electron chi connectivity index (χ1n) is 27.0. The summed E-state index contributed by atoms with van der Waals surface area (Å²) in [4.78, 5) is 69.7. The van der Waals surface area contributed by atoms with E-state index in [9.17, 15) is 24.0 Å². The molecule has 4 aliphatic rings. The largest absolute Gasteiger partial charge is 0.497 e. The van der Waals surface area contributed by atoms with Gasteiger partial charge in [-0.2, -0.15) is 0 Å². The number of piperidine rings is 2. The van der Waals surface area contributed by atoms with Crippen LogP contribution in [-0.2, 0) is 30.9 Å². The predicted octanol–water partition coefficient (Wildman–Crippen LogP) is 5.92. The number of aromatic nitrogens is 2. The van der Waals surface area contributed by atoms with Gasteiger partial charge in [0.25, 0.3) is 11.1 Å². The average molecular weight is 1090 g/mol. The molecule has 0 atom stereocenters. The standard InChI is InChI=1S/C32H40N4O7.C27H32N4O5/c1-32(2,3)43-31(39)36(20-21-5-8-27-28(17-21)42-16-15-41-27)22-9-11-34(12-10-22)13-14-35-26-18-23(40-4)6-7-24(26)25(30(33)38)19-29(35)37;1-34-20-3-4-21-22(27(28)33)16-26(32)31(23(21)15-20)11-10-30-8-6-19(7-9-30)29-17-18-2-5-24-25(14-18)36-13-12-35-24/h5-8,17-19,22H,9-16,20H2,1-4H3,(H2,33,38);2-5,14-16,19,29H,6-13,17H2,1H3,(H2,28,33). The normalized spacial score (nSPS) is 16.0. The second-order valence-electron chi connectivity index (χ2n) is 21.2. The van der Waals surface area contributed by atoms with Crippen molar-refractivity contribution in [3.63, 3.8) is 0 Å². The van der Waals surface area contributed by atoms with E-state index in [0.717, 1.165) is 82.0 Å². The molecule has 0 aliphatic carbocycles. The number of benzene rings is 4.